The van der Waals surface area contributed by atoms with Gasteiger partial charge in [-0.15, -0.1) is 0 Å². The summed E-state index contributed by atoms with van der Waals surface area (Å²) < 4.78 is 12.0. The molecule has 0 fully saturated rings. The van der Waals surface area contributed by atoms with E-state index in [9.17, 15) is 15.0 Å². The molecule has 0 radical (unpaired) electrons. The fourth-order valence-corrected chi connectivity index (χ4v) is 3.90. The number of ether oxygens (including phenoxy) is 1. The van der Waals surface area contributed by atoms with Gasteiger partial charge >= 0.3 is 0 Å². The van der Waals surface area contributed by atoms with Crippen molar-refractivity contribution in [2.45, 2.75) is 0 Å². The van der Waals surface area contributed by atoms with E-state index < -0.39 is 17.4 Å². The average Bonchev–Trinajstić information content (AvgIpc) is 3.52. The molecule has 5 rings (SSSR count). The van der Waals surface area contributed by atoms with E-state index in [1.54, 1.807) is 49.7 Å². The molecule has 0 aliphatic heterocycles. The van der Waals surface area contributed by atoms with Crippen molar-refractivity contribution in [2.24, 2.45) is 0 Å². The van der Waals surface area contributed by atoms with Crippen LogP contribution in [0.25, 0.3) is 28.3 Å². The van der Waals surface area contributed by atoms with E-state index in [-0.39, 0.29) is 5.56 Å². The highest BCUT2D eigenvalue weighted by molar-refractivity contribution is 6.15. The molecule has 2 N–H and O–H groups in total. The molecule has 0 amide bonds. The minimum atomic E-state index is -0.487. The smallest absolute Gasteiger partial charge is 0.240 e. The predicted molar refractivity (Wildman–Crippen MR) is 126 cm³/mol. The lowest BCUT2D eigenvalue weighted by atomic mass is 9.99. The number of rotatable bonds is 6. The summed E-state index contributed by atoms with van der Waals surface area (Å²) in [6.45, 7) is 0. The second-order valence-electron chi connectivity index (χ2n) is 7.57. The highest BCUT2D eigenvalue weighted by atomic mass is 16.5. The highest BCUT2D eigenvalue weighted by Gasteiger charge is 2.29. The van der Waals surface area contributed by atoms with E-state index in [1.807, 2.05) is 42.5 Å². The largest absolute Gasteiger partial charge is 0.503 e. The topological polar surface area (TPSA) is 97.7 Å². The molecular formula is C27H20N2O5. The lowest BCUT2D eigenvalue weighted by Crippen LogP contribution is -2.05. The Hall–Kier alpha value is -4.78. The van der Waals surface area contributed by atoms with Crippen molar-refractivity contribution in [3.8, 4) is 45.6 Å². The van der Waals surface area contributed by atoms with E-state index in [0.29, 0.717) is 34.0 Å². The van der Waals surface area contributed by atoms with Gasteiger partial charge < -0.3 is 19.4 Å². The molecule has 0 saturated heterocycles. The Kier molecular flexibility index (Phi) is 5.35. The second kappa shape index (κ2) is 8.63. The van der Waals surface area contributed by atoms with Gasteiger partial charge in [0, 0.05) is 16.8 Å². The fraction of sp³-hybridized carbons (Fsp3) is 0.0370. The Balaban J connectivity index is 1.69. The first kappa shape index (κ1) is 21.1. The number of nitrogens with zero attached hydrogens (tertiary/aromatic N) is 2. The van der Waals surface area contributed by atoms with E-state index >= 15 is 0 Å². The third-order valence-corrected chi connectivity index (χ3v) is 5.59. The maximum absolute atomic E-state index is 13.5. The first-order chi connectivity index (χ1) is 16.6. The van der Waals surface area contributed by atoms with Crippen molar-refractivity contribution in [3.63, 3.8) is 0 Å². The van der Waals surface area contributed by atoms with Crippen LogP contribution in [0.4, 0.5) is 0 Å². The average molecular weight is 452 g/mol. The minimum absolute atomic E-state index is 0.00757. The quantitative estimate of drug-likeness (QED) is 0.333. The molecule has 34 heavy (non-hydrogen) atoms. The molecule has 7 nitrogen and oxygen atoms in total. The summed E-state index contributed by atoms with van der Waals surface area (Å²) in [5, 5.41) is 21.9. The Morgan fingerprint density at radius 3 is 2.24 bits per heavy atom. The molecule has 0 saturated carbocycles. The van der Waals surface area contributed by atoms with Crippen LogP contribution in [0.1, 0.15) is 15.9 Å². The fourth-order valence-electron chi connectivity index (χ4n) is 3.90. The van der Waals surface area contributed by atoms with Crippen LogP contribution < -0.4 is 4.74 Å². The maximum Gasteiger partial charge on any atom is 0.240 e. The molecule has 7 heteroatoms. The zero-order chi connectivity index (χ0) is 23.7. The van der Waals surface area contributed by atoms with Crippen LogP contribution >= 0.6 is 0 Å². The van der Waals surface area contributed by atoms with Crippen LogP contribution in [0, 0.1) is 0 Å². The summed E-state index contributed by atoms with van der Waals surface area (Å²) in [7, 11) is 1.54. The SMILES string of the molecule is COc1ccc(C(=O)c2c(O)c(O)n(-c3ccc(-c4cnco4)cc3)c2-c2ccccc2)cc1. The van der Waals surface area contributed by atoms with Gasteiger partial charge in [-0.05, 0) is 54.1 Å². The Labute approximate surface area is 195 Å². The summed E-state index contributed by atoms with van der Waals surface area (Å²) in [4.78, 5) is 17.5. The van der Waals surface area contributed by atoms with Crippen LogP contribution in [0.3, 0.4) is 0 Å². The Bertz CT molecular complexity index is 1440. The number of methoxy groups -OCH3 is 1. The van der Waals surface area contributed by atoms with Crippen LogP contribution in [-0.2, 0) is 0 Å². The molecule has 0 bridgehead atoms. The Morgan fingerprint density at radius 2 is 1.62 bits per heavy atom. The third kappa shape index (κ3) is 3.59. The molecule has 0 atom stereocenters. The number of hydrogen-bond donors (Lipinski definition) is 2. The number of ketones is 1. The van der Waals surface area contributed by atoms with Gasteiger partial charge in [0.25, 0.3) is 0 Å². The summed E-state index contributed by atoms with van der Waals surface area (Å²) in [5.41, 5.74) is 2.76. The molecule has 0 aliphatic carbocycles. The van der Waals surface area contributed by atoms with E-state index in [0.717, 1.165) is 5.56 Å². The first-order valence-corrected chi connectivity index (χ1v) is 10.5. The highest BCUT2D eigenvalue weighted by Crippen LogP contribution is 2.44. The molecular weight excluding hydrogens is 432 g/mol. The molecule has 2 heterocycles. The summed E-state index contributed by atoms with van der Waals surface area (Å²) in [6, 6.07) is 22.9. The number of carbonyl (C=O) groups excluding carboxylic acids is 1. The number of aromatic nitrogens is 2. The lowest BCUT2D eigenvalue weighted by molar-refractivity contribution is 0.103. The molecule has 0 unspecified atom stereocenters. The minimum Gasteiger partial charge on any atom is -0.503 e. The van der Waals surface area contributed by atoms with E-state index in [2.05, 4.69) is 4.98 Å². The van der Waals surface area contributed by atoms with Gasteiger partial charge in [0.05, 0.1) is 24.6 Å². The van der Waals surface area contributed by atoms with Gasteiger partial charge in [-0.25, -0.2) is 4.98 Å². The molecule has 0 spiro atoms. The van der Waals surface area contributed by atoms with Crippen LogP contribution in [0.2, 0.25) is 0 Å². The first-order valence-electron chi connectivity index (χ1n) is 10.5. The van der Waals surface area contributed by atoms with Crippen LogP contribution in [-0.4, -0.2) is 32.7 Å². The van der Waals surface area contributed by atoms with Crippen molar-refractivity contribution in [1.82, 2.24) is 9.55 Å². The van der Waals surface area contributed by atoms with Gasteiger partial charge in [-0.1, -0.05) is 30.3 Å². The number of oxazole rings is 1. The van der Waals surface area contributed by atoms with Crippen molar-refractivity contribution >= 4 is 5.78 Å². The van der Waals surface area contributed by atoms with Crippen LogP contribution in [0.15, 0.2) is 95.9 Å². The number of carbonyl (C=O) groups is 1. The van der Waals surface area contributed by atoms with Gasteiger partial charge in [-0.2, -0.15) is 0 Å². The second-order valence-corrected chi connectivity index (χ2v) is 7.57. The van der Waals surface area contributed by atoms with E-state index in [4.69, 9.17) is 9.15 Å². The van der Waals surface area contributed by atoms with Crippen molar-refractivity contribution < 1.29 is 24.2 Å². The molecule has 0 aliphatic rings. The normalized spacial score (nSPS) is 10.9. The lowest BCUT2D eigenvalue weighted by Gasteiger charge is -2.12. The summed E-state index contributed by atoms with van der Waals surface area (Å²) >= 11 is 0. The molecule has 168 valence electrons. The zero-order valence-electron chi connectivity index (χ0n) is 18.2. The summed E-state index contributed by atoms with van der Waals surface area (Å²) in [6.07, 6.45) is 2.96. The van der Waals surface area contributed by atoms with Crippen molar-refractivity contribution in [1.29, 1.82) is 0 Å². The van der Waals surface area contributed by atoms with E-state index in [1.165, 1.54) is 11.0 Å². The molecule has 5 aromatic rings. The summed E-state index contributed by atoms with van der Waals surface area (Å²) in [5.74, 6) is -0.130. The standard InChI is InChI=1S/C27H20N2O5/c1-33-21-13-9-19(10-14-21)25(30)23-24(18-5-3-2-4-6-18)29(27(32)26(23)31)20-11-7-17(8-12-20)22-15-28-16-34-22/h2-16,31-32H,1H3. The number of benzene rings is 3. The van der Waals surface area contributed by atoms with Crippen molar-refractivity contribution in [3.05, 3.63) is 103 Å². The predicted octanol–water partition coefficient (Wildman–Crippen LogP) is 5.45. The maximum atomic E-state index is 13.5. The van der Waals surface area contributed by atoms with Gasteiger partial charge in [-0.3, -0.25) is 9.36 Å². The van der Waals surface area contributed by atoms with Crippen LogP contribution in [0.5, 0.6) is 17.4 Å². The number of aromatic hydroxyl groups is 2. The number of hydrogen-bond acceptors (Lipinski definition) is 6. The van der Waals surface area contributed by atoms with Gasteiger partial charge in [0.2, 0.25) is 5.88 Å². The van der Waals surface area contributed by atoms with Gasteiger partial charge in [0.1, 0.15) is 5.75 Å². The zero-order valence-corrected chi connectivity index (χ0v) is 18.2. The van der Waals surface area contributed by atoms with Crippen molar-refractivity contribution in [2.75, 3.05) is 7.11 Å². The third-order valence-electron chi connectivity index (χ3n) is 5.59. The molecule has 2 aromatic heterocycles. The Morgan fingerprint density at radius 1 is 0.912 bits per heavy atom. The monoisotopic (exact) mass is 452 g/mol. The van der Waals surface area contributed by atoms with Gasteiger partial charge in [0.15, 0.2) is 23.7 Å². The molecule has 3 aromatic carbocycles.